The molecule has 132 valence electrons. The van der Waals surface area contributed by atoms with Crippen molar-refractivity contribution in [3.8, 4) is 17.1 Å². The molecular weight excluding hydrogens is 319 g/mol. The monoisotopic (exact) mass is 342 g/mol. The number of hydrogen-bond donors (Lipinski definition) is 0. The van der Waals surface area contributed by atoms with Gasteiger partial charge in [0, 0.05) is 30.8 Å². The van der Waals surface area contributed by atoms with Gasteiger partial charge in [0.25, 0.3) is 0 Å². The summed E-state index contributed by atoms with van der Waals surface area (Å²) in [5, 5.41) is 4.53. The Morgan fingerprint density at radius 2 is 1.96 bits per heavy atom. The van der Waals surface area contributed by atoms with Crippen molar-refractivity contribution in [3.05, 3.63) is 53.9 Å². The Morgan fingerprint density at radius 1 is 1.20 bits per heavy atom. The van der Waals surface area contributed by atoms with Crippen molar-refractivity contribution in [1.82, 2.24) is 19.3 Å². The highest BCUT2D eigenvalue weighted by molar-refractivity contribution is 5.68. The van der Waals surface area contributed by atoms with Crippen LogP contribution in [0.4, 0.5) is 4.39 Å². The lowest BCUT2D eigenvalue weighted by Gasteiger charge is -2.24. The maximum atomic E-state index is 14.0. The Kier molecular flexibility index (Phi) is 4.47. The zero-order valence-electron chi connectivity index (χ0n) is 15.2. The highest BCUT2D eigenvalue weighted by Gasteiger charge is 2.21. The average molecular weight is 342 g/mol. The molecule has 0 fully saturated rings. The molecule has 3 aromatic rings. The molecule has 0 amide bonds. The summed E-state index contributed by atoms with van der Waals surface area (Å²) >= 11 is 0. The number of aryl methyl sites for hydroxylation is 2. The van der Waals surface area contributed by atoms with Gasteiger partial charge in [0.1, 0.15) is 11.6 Å². The van der Waals surface area contributed by atoms with Crippen LogP contribution in [0.15, 0.2) is 36.7 Å². The Morgan fingerprint density at radius 3 is 2.60 bits per heavy atom. The Labute approximate surface area is 147 Å². The van der Waals surface area contributed by atoms with E-state index in [0.717, 1.165) is 17.1 Å². The van der Waals surface area contributed by atoms with Gasteiger partial charge in [0.05, 0.1) is 23.5 Å². The molecule has 5 nitrogen and oxygen atoms in total. The van der Waals surface area contributed by atoms with E-state index >= 15 is 0 Å². The fourth-order valence-electron chi connectivity index (χ4n) is 2.90. The number of aromatic nitrogens is 4. The van der Waals surface area contributed by atoms with Crippen molar-refractivity contribution in [3.63, 3.8) is 0 Å². The molecule has 0 spiro atoms. The minimum Gasteiger partial charge on any atom is -0.377 e. The standard InChI is InChI=1S/C19H23FN4O/c1-13-10-14(2)24(22-13)17-7-6-15(20)11-16(17)18-21-8-9-23(18)12-19(3,4)25-5/h6-11H,12H2,1-5H3. The number of rotatable bonds is 5. The quantitative estimate of drug-likeness (QED) is 0.706. The molecule has 0 unspecified atom stereocenters. The van der Waals surface area contributed by atoms with Crippen LogP contribution < -0.4 is 0 Å². The normalized spacial score (nSPS) is 11.9. The second-order valence-electron chi connectivity index (χ2n) is 6.84. The Balaban J connectivity index is 2.14. The predicted molar refractivity (Wildman–Crippen MR) is 95.3 cm³/mol. The van der Waals surface area contributed by atoms with Crippen LogP contribution in [0.3, 0.4) is 0 Å². The fourth-order valence-corrected chi connectivity index (χ4v) is 2.90. The molecular formula is C19H23FN4O. The van der Waals surface area contributed by atoms with Gasteiger partial charge in [-0.2, -0.15) is 5.10 Å². The largest absolute Gasteiger partial charge is 0.377 e. The van der Waals surface area contributed by atoms with E-state index in [1.165, 1.54) is 12.1 Å². The highest BCUT2D eigenvalue weighted by atomic mass is 19.1. The lowest BCUT2D eigenvalue weighted by Crippen LogP contribution is -2.29. The molecule has 6 heteroatoms. The molecule has 0 radical (unpaired) electrons. The third kappa shape index (κ3) is 3.49. The van der Waals surface area contributed by atoms with E-state index in [4.69, 9.17) is 4.74 Å². The highest BCUT2D eigenvalue weighted by Crippen LogP contribution is 2.28. The summed E-state index contributed by atoms with van der Waals surface area (Å²) in [5.74, 6) is 0.382. The molecule has 3 rings (SSSR count). The van der Waals surface area contributed by atoms with Crippen LogP contribution in [0.5, 0.6) is 0 Å². The fraction of sp³-hybridized carbons (Fsp3) is 0.368. The molecule has 25 heavy (non-hydrogen) atoms. The maximum absolute atomic E-state index is 14.0. The van der Waals surface area contributed by atoms with Crippen molar-refractivity contribution >= 4 is 0 Å². The molecule has 0 saturated heterocycles. The smallest absolute Gasteiger partial charge is 0.142 e. The molecule has 1 aromatic carbocycles. The van der Waals surface area contributed by atoms with Gasteiger partial charge in [-0.3, -0.25) is 0 Å². The van der Waals surface area contributed by atoms with Crippen LogP contribution in [0.1, 0.15) is 25.2 Å². The second-order valence-corrected chi connectivity index (χ2v) is 6.84. The van der Waals surface area contributed by atoms with Crippen LogP contribution in [0.25, 0.3) is 17.1 Å². The number of halogens is 1. The SMILES string of the molecule is COC(C)(C)Cn1ccnc1-c1cc(F)ccc1-n1nc(C)cc1C. The molecule has 0 aliphatic heterocycles. The van der Waals surface area contributed by atoms with E-state index in [9.17, 15) is 4.39 Å². The Bertz CT molecular complexity index is 895. The van der Waals surface area contributed by atoms with Crippen molar-refractivity contribution in [1.29, 1.82) is 0 Å². The Hall–Kier alpha value is -2.47. The van der Waals surface area contributed by atoms with Crippen LogP contribution in [0.2, 0.25) is 0 Å². The molecule has 2 heterocycles. The predicted octanol–water partition coefficient (Wildman–Crippen LogP) is 3.92. The summed E-state index contributed by atoms with van der Waals surface area (Å²) in [6.07, 6.45) is 3.60. The molecule has 2 aromatic heterocycles. The third-order valence-corrected chi connectivity index (χ3v) is 4.26. The molecule has 0 aliphatic rings. The first-order chi connectivity index (χ1) is 11.8. The molecule has 0 saturated carbocycles. The van der Waals surface area contributed by atoms with Gasteiger partial charge in [-0.1, -0.05) is 0 Å². The second kappa shape index (κ2) is 6.44. The van der Waals surface area contributed by atoms with Crippen molar-refractivity contribution in [2.45, 2.75) is 39.8 Å². The van der Waals surface area contributed by atoms with Crippen LogP contribution in [-0.2, 0) is 11.3 Å². The van der Waals surface area contributed by atoms with Gasteiger partial charge in [-0.15, -0.1) is 0 Å². The number of ether oxygens (including phenoxy) is 1. The van der Waals surface area contributed by atoms with E-state index < -0.39 is 0 Å². The van der Waals surface area contributed by atoms with Gasteiger partial charge in [-0.25, -0.2) is 14.1 Å². The summed E-state index contributed by atoms with van der Waals surface area (Å²) in [6.45, 7) is 8.53. The summed E-state index contributed by atoms with van der Waals surface area (Å²) < 4.78 is 23.3. The first kappa shape index (κ1) is 17.4. The van der Waals surface area contributed by atoms with Crippen LogP contribution >= 0.6 is 0 Å². The van der Waals surface area contributed by atoms with E-state index in [1.807, 2.05) is 49.2 Å². The molecule has 0 N–H and O–H groups in total. The zero-order valence-corrected chi connectivity index (χ0v) is 15.2. The topological polar surface area (TPSA) is 44.9 Å². The number of imidazole rings is 1. The first-order valence-corrected chi connectivity index (χ1v) is 8.20. The molecule has 0 aliphatic carbocycles. The van der Waals surface area contributed by atoms with E-state index in [0.29, 0.717) is 17.9 Å². The van der Waals surface area contributed by atoms with Crippen LogP contribution in [-0.4, -0.2) is 32.0 Å². The van der Waals surface area contributed by atoms with Gasteiger partial charge in [0.15, 0.2) is 0 Å². The van der Waals surface area contributed by atoms with Crippen LogP contribution in [0, 0.1) is 19.7 Å². The van der Waals surface area contributed by atoms with Crippen molar-refractivity contribution in [2.24, 2.45) is 0 Å². The summed E-state index contributed by atoms with van der Waals surface area (Å²) in [4.78, 5) is 4.47. The molecule has 0 bridgehead atoms. The van der Waals surface area contributed by atoms with Gasteiger partial charge < -0.3 is 9.30 Å². The number of nitrogens with zero attached hydrogens (tertiary/aromatic N) is 4. The zero-order chi connectivity index (χ0) is 18.2. The lowest BCUT2D eigenvalue weighted by atomic mass is 10.1. The minimum absolute atomic E-state index is 0.305. The summed E-state index contributed by atoms with van der Waals surface area (Å²) in [7, 11) is 1.68. The van der Waals surface area contributed by atoms with Gasteiger partial charge >= 0.3 is 0 Å². The van der Waals surface area contributed by atoms with E-state index in [1.54, 1.807) is 19.4 Å². The van der Waals surface area contributed by atoms with E-state index in [2.05, 4.69) is 10.1 Å². The number of benzene rings is 1. The number of methoxy groups -OCH3 is 1. The summed E-state index contributed by atoms with van der Waals surface area (Å²) in [6, 6.07) is 6.68. The minimum atomic E-state index is -0.360. The van der Waals surface area contributed by atoms with E-state index in [-0.39, 0.29) is 11.4 Å². The average Bonchev–Trinajstić information content (AvgIpc) is 3.13. The van der Waals surface area contributed by atoms with Gasteiger partial charge in [0.2, 0.25) is 0 Å². The van der Waals surface area contributed by atoms with Crippen molar-refractivity contribution in [2.75, 3.05) is 7.11 Å². The maximum Gasteiger partial charge on any atom is 0.142 e. The van der Waals surface area contributed by atoms with Crippen molar-refractivity contribution < 1.29 is 9.13 Å². The summed E-state index contributed by atoms with van der Waals surface area (Å²) in [5.41, 5.74) is 3.04. The first-order valence-electron chi connectivity index (χ1n) is 8.20. The number of hydrogen-bond acceptors (Lipinski definition) is 3. The molecule has 0 atom stereocenters. The third-order valence-electron chi connectivity index (χ3n) is 4.26. The lowest BCUT2D eigenvalue weighted by molar-refractivity contribution is 0.00850. The van der Waals surface area contributed by atoms with Gasteiger partial charge in [-0.05, 0) is 52.0 Å².